The lowest BCUT2D eigenvalue weighted by molar-refractivity contribution is -0.113. The van der Waals surface area contributed by atoms with Crippen LogP contribution in [0.2, 0.25) is 0 Å². The zero-order valence-corrected chi connectivity index (χ0v) is 19.1. The van der Waals surface area contributed by atoms with Gasteiger partial charge in [0.25, 0.3) is 5.56 Å². The van der Waals surface area contributed by atoms with Gasteiger partial charge in [-0.05, 0) is 36.5 Å². The number of hydrogen-bond acceptors (Lipinski definition) is 7. The highest BCUT2D eigenvalue weighted by atomic mass is 32.2. The number of rotatable bonds is 6. The van der Waals surface area contributed by atoms with E-state index in [0.29, 0.717) is 30.9 Å². The number of nitrogens with one attached hydrogen (secondary N) is 1. The third kappa shape index (κ3) is 4.27. The van der Waals surface area contributed by atoms with Crippen molar-refractivity contribution in [3.8, 4) is 11.4 Å². The van der Waals surface area contributed by atoms with Gasteiger partial charge in [-0.15, -0.1) is 0 Å². The van der Waals surface area contributed by atoms with Crippen LogP contribution in [0.25, 0.3) is 16.0 Å². The van der Waals surface area contributed by atoms with Crippen molar-refractivity contribution in [1.82, 2.24) is 14.1 Å². The number of para-hydroxylation sites is 3. The summed E-state index contributed by atoms with van der Waals surface area (Å²) in [5.41, 5.74) is 1.73. The summed E-state index contributed by atoms with van der Waals surface area (Å²) in [7, 11) is 3.19. The number of fused-ring (bicyclic) bond motifs is 1. The number of thioether (sulfide) groups is 1. The van der Waals surface area contributed by atoms with Crippen molar-refractivity contribution in [2.24, 2.45) is 7.05 Å². The molecule has 0 aliphatic rings. The molecule has 0 atom stereocenters. The summed E-state index contributed by atoms with van der Waals surface area (Å²) in [6, 6.07) is 16.7. The molecule has 0 saturated carbocycles. The minimum atomic E-state index is -0.228. The van der Waals surface area contributed by atoms with Crippen molar-refractivity contribution in [2.75, 3.05) is 18.2 Å². The number of anilines is 1. The minimum absolute atomic E-state index is 0.0834. The maximum absolute atomic E-state index is 12.9. The first kappa shape index (κ1) is 21.3. The Labute approximate surface area is 191 Å². The summed E-state index contributed by atoms with van der Waals surface area (Å²) in [6.07, 6.45) is 0. The molecule has 0 fully saturated rings. The van der Waals surface area contributed by atoms with Crippen LogP contribution in [0.1, 0.15) is 0 Å². The molecule has 0 aliphatic carbocycles. The molecule has 0 spiro atoms. The maximum Gasteiger partial charge on any atom is 0.273 e. The van der Waals surface area contributed by atoms with Gasteiger partial charge in [0.2, 0.25) is 5.91 Å². The molecule has 31 heavy (non-hydrogen) atoms. The number of carbonyl (C=O) groups is 1. The minimum Gasteiger partial charge on any atom is -0.495 e. The van der Waals surface area contributed by atoms with E-state index in [9.17, 15) is 9.59 Å². The molecule has 2 aromatic carbocycles. The van der Waals surface area contributed by atoms with Crippen LogP contribution in [0.3, 0.4) is 0 Å². The molecule has 4 rings (SSSR count). The predicted octanol–water partition coefficient (Wildman–Crippen LogP) is 4.25. The largest absolute Gasteiger partial charge is 0.495 e. The Morgan fingerprint density at radius 1 is 1.19 bits per heavy atom. The Kier molecular flexibility index (Phi) is 6.21. The standard InChI is InChI=1S/C21H18N4O3S3/c1-24-19(27)17-18(25(21(29)31-17)13-8-4-3-5-9-13)23-20(24)30-12-16(26)22-14-10-6-7-11-15(14)28-2/h3-11H,12H2,1-2H3,(H,22,26). The Morgan fingerprint density at radius 3 is 2.65 bits per heavy atom. The van der Waals surface area contributed by atoms with Crippen molar-refractivity contribution in [2.45, 2.75) is 5.16 Å². The Morgan fingerprint density at radius 2 is 1.90 bits per heavy atom. The van der Waals surface area contributed by atoms with Crippen LogP contribution in [0.5, 0.6) is 5.75 Å². The van der Waals surface area contributed by atoms with Crippen LogP contribution < -0.4 is 15.6 Å². The van der Waals surface area contributed by atoms with Gasteiger partial charge < -0.3 is 10.1 Å². The second-order valence-electron chi connectivity index (χ2n) is 6.49. The van der Waals surface area contributed by atoms with E-state index in [1.165, 1.54) is 27.7 Å². The Hall–Kier alpha value is -2.95. The monoisotopic (exact) mass is 470 g/mol. The molecule has 0 aliphatic heterocycles. The summed E-state index contributed by atoms with van der Waals surface area (Å²) in [5, 5.41) is 3.26. The van der Waals surface area contributed by atoms with Gasteiger partial charge >= 0.3 is 0 Å². The molecule has 0 radical (unpaired) electrons. The maximum atomic E-state index is 12.9. The molecule has 2 heterocycles. The highest BCUT2D eigenvalue weighted by Crippen LogP contribution is 2.26. The number of ether oxygens (including phenoxy) is 1. The molecule has 158 valence electrons. The van der Waals surface area contributed by atoms with E-state index in [1.54, 1.807) is 30.9 Å². The molecule has 10 heteroatoms. The SMILES string of the molecule is COc1ccccc1NC(=O)CSc1nc2c(sc(=S)n2-c2ccccc2)c(=O)n1C. The van der Waals surface area contributed by atoms with E-state index in [0.717, 1.165) is 5.69 Å². The number of aromatic nitrogens is 3. The Balaban J connectivity index is 1.64. The molecule has 0 saturated heterocycles. The number of thiazole rings is 1. The zero-order valence-electron chi connectivity index (χ0n) is 16.7. The van der Waals surface area contributed by atoms with Gasteiger partial charge in [0, 0.05) is 12.7 Å². The molecule has 0 bridgehead atoms. The van der Waals surface area contributed by atoms with Crippen LogP contribution in [-0.4, -0.2) is 32.9 Å². The number of hydrogen-bond donors (Lipinski definition) is 1. The number of amides is 1. The third-order valence-corrected chi connectivity index (χ3v) is 6.88. The normalized spacial score (nSPS) is 10.9. The van der Waals surface area contributed by atoms with Crippen molar-refractivity contribution in [3.63, 3.8) is 0 Å². The molecule has 2 aromatic heterocycles. The second kappa shape index (κ2) is 9.04. The molecule has 0 unspecified atom stereocenters. The topological polar surface area (TPSA) is 78.2 Å². The van der Waals surface area contributed by atoms with Gasteiger partial charge in [-0.2, -0.15) is 0 Å². The molecular weight excluding hydrogens is 452 g/mol. The second-order valence-corrected chi connectivity index (χ2v) is 9.07. The summed E-state index contributed by atoms with van der Waals surface area (Å²) in [5.74, 6) is 0.432. The van der Waals surface area contributed by atoms with E-state index in [4.69, 9.17) is 17.0 Å². The highest BCUT2D eigenvalue weighted by molar-refractivity contribution is 7.99. The average Bonchev–Trinajstić information content (AvgIpc) is 3.12. The molecule has 4 aromatic rings. The number of carbonyl (C=O) groups excluding carboxylic acids is 1. The van der Waals surface area contributed by atoms with Gasteiger partial charge in [0.1, 0.15) is 10.4 Å². The number of nitrogens with zero attached hydrogens (tertiary/aromatic N) is 3. The molecule has 7 nitrogen and oxygen atoms in total. The van der Waals surface area contributed by atoms with Gasteiger partial charge in [-0.1, -0.05) is 53.4 Å². The fourth-order valence-electron chi connectivity index (χ4n) is 3.01. The zero-order chi connectivity index (χ0) is 22.0. The van der Waals surface area contributed by atoms with Crippen molar-refractivity contribution >= 4 is 57.3 Å². The molecule has 1 amide bonds. The summed E-state index contributed by atoms with van der Waals surface area (Å²) in [4.78, 5) is 30.1. The average molecular weight is 471 g/mol. The lowest BCUT2D eigenvalue weighted by atomic mass is 10.3. The lowest BCUT2D eigenvalue weighted by Gasteiger charge is -2.11. The number of methoxy groups -OCH3 is 1. The van der Waals surface area contributed by atoms with Gasteiger partial charge in [-0.3, -0.25) is 18.7 Å². The first-order valence-electron chi connectivity index (χ1n) is 9.23. The van der Waals surface area contributed by atoms with Gasteiger partial charge in [0.05, 0.1) is 18.6 Å². The molecule has 1 N–H and O–H groups in total. The van der Waals surface area contributed by atoms with Crippen LogP contribution in [-0.2, 0) is 11.8 Å². The van der Waals surface area contributed by atoms with Crippen LogP contribution >= 0.6 is 35.3 Å². The smallest absolute Gasteiger partial charge is 0.273 e. The Bertz CT molecular complexity index is 1380. The van der Waals surface area contributed by atoms with E-state index in [1.807, 2.05) is 42.5 Å². The van der Waals surface area contributed by atoms with Crippen LogP contribution in [0, 0.1) is 3.95 Å². The summed E-state index contributed by atoms with van der Waals surface area (Å²) in [6.45, 7) is 0. The summed E-state index contributed by atoms with van der Waals surface area (Å²) >= 11 is 7.91. The molecular formula is C21H18N4O3S3. The first-order valence-corrected chi connectivity index (χ1v) is 11.4. The fraction of sp³-hybridized carbons (Fsp3) is 0.143. The third-order valence-electron chi connectivity index (χ3n) is 4.50. The van der Waals surface area contributed by atoms with Gasteiger partial charge in [-0.25, -0.2) is 4.98 Å². The van der Waals surface area contributed by atoms with Gasteiger partial charge in [0.15, 0.2) is 14.8 Å². The van der Waals surface area contributed by atoms with E-state index < -0.39 is 0 Å². The van der Waals surface area contributed by atoms with Crippen LogP contribution in [0.15, 0.2) is 64.5 Å². The van der Waals surface area contributed by atoms with Crippen LogP contribution in [0.4, 0.5) is 5.69 Å². The number of benzene rings is 2. The van der Waals surface area contributed by atoms with Crippen molar-refractivity contribution in [1.29, 1.82) is 0 Å². The van der Waals surface area contributed by atoms with Crippen molar-refractivity contribution < 1.29 is 9.53 Å². The quantitative estimate of drug-likeness (QED) is 0.258. The fourth-order valence-corrected chi connectivity index (χ4v) is 5.12. The highest BCUT2D eigenvalue weighted by Gasteiger charge is 2.17. The van der Waals surface area contributed by atoms with E-state index in [2.05, 4.69) is 10.3 Å². The van der Waals surface area contributed by atoms with Crippen molar-refractivity contribution in [3.05, 3.63) is 68.9 Å². The van der Waals surface area contributed by atoms with E-state index in [-0.39, 0.29) is 17.2 Å². The first-order chi connectivity index (χ1) is 15.0. The van der Waals surface area contributed by atoms with E-state index >= 15 is 0 Å². The lowest BCUT2D eigenvalue weighted by Crippen LogP contribution is -2.21. The summed E-state index contributed by atoms with van der Waals surface area (Å²) < 4.78 is 9.52. The predicted molar refractivity (Wildman–Crippen MR) is 127 cm³/mol.